The minimum absolute atomic E-state index is 0.0128. The number of nitrogens with one attached hydrogen (secondary N) is 1. The summed E-state index contributed by atoms with van der Waals surface area (Å²) >= 11 is 4.97. The van der Waals surface area contributed by atoms with Gasteiger partial charge >= 0.3 is 6.03 Å². The molecular formula is C16H19BrN2O3S2. The zero-order chi connectivity index (χ0) is 17.6. The van der Waals surface area contributed by atoms with Crippen molar-refractivity contribution in [1.82, 2.24) is 10.2 Å². The average Bonchev–Trinajstić information content (AvgIpc) is 2.97. The summed E-state index contributed by atoms with van der Waals surface area (Å²) < 4.78 is 25.3. The normalized spacial score (nSPS) is 11.2. The highest BCUT2D eigenvalue weighted by molar-refractivity contribution is 9.11. The molecular weight excluding hydrogens is 412 g/mol. The van der Waals surface area contributed by atoms with Crippen molar-refractivity contribution in [2.75, 3.05) is 19.3 Å². The molecule has 0 radical (unpaired) electrons. The maximum Gasteiger partial charge on any atom is 0.317 e. The van der Waals surface area contributed by atoms with Crippen LogP contribution in [0.2, 0.25) is 0 Å². The van der Waals surface area contributed by atoms with E-state index < -0.39 is 9.84 Å². The van der Waals surface area contributed by atoms with E-state index in [9.17, 15) is 13.2 Å². The summed E-state index contributed by atoms with van der Waals surface area (Å²) in [6, 6.07) is 12.0. The maximum absolute atomic E-state index is 12.1. The molecule has 1 aromatic heterocycles. The maximum atomic E-state index is 12.1. The highest BCUT2D eigenvalue weighted by Crippen LogP contribution is 2.22. The molecule has 0 saturated carbocycles. The van der Waals surface area contributed by atoms with Gasteiger partial charge in [-0.15, -0.1) is 11.3 Å². The minimum atomic E-state index is -3.29. The Morgan fingerprint density at radius 3 is 2.54 bits per heavy atom. The van der Waals surface area contributed by atoms with Crippen molar-refractivity contribution in [2.45, 2.75) is 17.9 Å². The number of sulfone groups is 1. The summed E-state index contributed by atoms with van der Waals surface area (Å²) in [7, 11) is -1.58. The first-order valence-corrected chi connectivity index (χ1v) is 10.7. The van der Waals surface area contributed by atoms with Gasteiger partial charge in [0.15, 0.2) is 9.84 Å². The van der Waals surface area contributed by atoms with Crippen LogP contribution in [0.3, 0.4) is 0 Å². The Morgan fingerprint density at radius 2 is 1.92 bits per heavy atom. The van der Waals surface area contributed by atoms with E-state index in [0.717, 1.165) is 8.66 Å². The molecule has 5 nitrogen and oxygen atoms in total. The van der Waals surface area contributed by atoms with E-state index in [1.165, 1.54) is 0 Å². The van der Waals surface area contributed by atoms with Gasteiger partial charge in [-0.25, -0.2) is 13.2 Å². The fourth-order valence-corrected chi connectivity index (χ4v) is 4.95. The molecule has 1 heterocycles. The van der Waals surface area contributed by atoms with E-state index >= 15 is 0 Å². The molecule has 0 aliphatic rings. The second-order valence-corrected chi connectivity index (χ2v) is 9.94. The van der Waals surface area contributed by atoms with Crippen molar-refractivity contribution >= 4 is 43.1 Å². The van der Waals surface area contributed by atoms with Gasteiger partial charge < -0.3 is 10.2 Å². The molecule has 0 atom stereocenters. The Kier molecular flexibility index (Phi) is 6.82. The summed E-state index contributed by atoms with van der Waals surface area (Å²) in [5.41, 5.74) is 0. The molecule has 1 N–H and O–H groups in total. The van der Waals surface area contributed by atoms with Crippen molar-refractivity contribution in [3.8, 4) is 0 Å². The van der Waals surface area contributed by atoms with Gasteiger partial charge in [-0.2, -0.15) is 0 Å². The summed E-state index contributed by atoms with van der Waals surface area (Å²) in [5.74, 6) is 0.0128. The van der Waals surface area contributed by atoms with E-state index in [1.54, 1.807) is 53.6 Å². The smallest absolute Gasteiger partial charge is 0.317 e. The zero-order valence-corrected chi connectivity index (χ0v) is 16.5. The van der Waals surface area contributed by atoms with Gasteiger partial charge in [0.2, 0.25) is 0 Å². The highest BCUT2D eigenvalue weighted by atomic mass is 79.9. The number of amides is 2. The van der Waals surface area contributed by atoms with Gasteiger partial charge in [-0.3, -0.25) is 0 Å². The SMILES string of the molecule is CN(Cc1ccc(Br)s1)C(=O)NCCCS(=O)(=O)c1ccccc1. The number of carbonyl (C=O) groups excluding carboxylic acids is 1. The lowest BCUT2D eigenvalue weighted by Gasteiger charge is -2.17. The van der Waals surface area contributed by atoms with E-state index in [4.69, 9.17) is 0 Å². The topological polar surface area (TPSA) is 66.5 Å². The molecule has 2 aromatic rings. The van der Waals surface area contributed by atoms with Crippen molar-refractivity contribution in [3.63, 3.8) is 0 Å². The quantitative estimate of drug-likeness (QED) is 0.683. The Balaban J connectivity index is 1.74. The number of urea groups is 1. The number of benzene rings is 1. The van der Waals surface area contributed by atoms with Crippen LogP contribution in [0, 0.1) is 0 Å². The van der Waals surface area contributed by atoms with Crippen molar-refractivity contribution in [3.05, 3.63) is 51.1 Å². The summed E-state index contributed by atoms with van der Waals surface area (Å²) in [6.07, 6.45) is 0.376. The fraction of sp³-hybridized carbons (Fsp3) is 0.312. The van der Waals surface area contributed by atoms with Crippen LogP contribution in [0.15, 0.2) is 51.1 Å². The van der Waals surface area contributed by atoms with Crippen LogP contribution >= 0.6 is 27.3 Å². The van der Waals surface area contributed by atoms with Crippen molar-refractivity contribution in [1.29, 1.82) is 0 Å². The Labute approximate surface area is 154 Å². The van der Waals surface area contributed by atoms with E-state index in [2.05, 4.69) is 21.2 Å². The van der Waals surface area contributed by atoms with Crippen LogP contribution < -0.4 is 5.32 Å². The van der Waals surface area contributed by atoms with Gasteiger partial charge in [0.25, 0.3) is 0 Å². The summed E-state index contributed by atoms with van der Waals surface area (Å²) in [4.78, 5) is 15.0. The molecule has 2 amide bonds. The van der Waals surface area contributed by atoms with Crippen LogP contribution in [-0.2, 0) is 16.4 Å². The number of hydrogen-bond donors (Lipinski definition) is 1. The highest BCUT2D eigenvalue weighted by Gasteiger charge is 2.14. The third kappa shape index (κ3) is 5.61. The molecule has 0 unspecified atom stereocenters. The van der Waals surface area contributed by atoms with Gasteiger partial charge in [0.05, 0.1) is 21.0 Å². The van der Waals surface area contributed by atoms with Gasteiger partial charge in [0.1, 0.15) is 0 Å². The lowest BCUT2D eigenvalue weighted by atomic mass is 10.4. The third-order valence-corrected chi connectivity index (χ3v) is 6.76. The van der Waals surface area contributed by atoms with Gasteiger partial charge in [-0.1, -0.05) is 18.2 Å². The minimum Gasteiger partial charge on any atom is -0.338 e. The van der Waals surface area contributed by atoms with E-state index in [-0.39, 0.29) is 11.8 Å². The third-order valence-electron chi connectivity index (χ3n) is 3.34. The molecule has 8 heteroatoms. The number of halogens is 1. The fourth-order valence-electron chi connectivity index (χ4n) is 2.08. The Bertz CT molecular complexity index is 776. The summed E-state index contributed by atoms with van der Waals surface area (Å²) in [5, 5.41) is 2.75. The number of carbonyl (C=O) groups is 1. The average molecular weight is 431 g/mol. The van der Waals surface area contributed by atoms with Gasteiger partial charge in [0, 0.05) is 18.5 Å². The molecule has 0 bridgehead atoms. The molecule has 0 aliphatic heterocycles. The second-order valence-electron chi connectivity index (χ2n) is 5.28. The second kappa shape index (κ2) is 8.64. The standard InChI is InChI=1S/C16H19BrN2O3S2/c1-19(12-13-8-9-15(17)23-13)16(20)18-10-5-11-24(21,22)14-6-3-2-4-7-14/h2-4,6-9H,5,10-12H2,1H3,(H,18,20). The first-order valence-electron chi connectivity index (χ1n) is 7.39. The molecule has 0 fully saturated rings. The van der Waals surface area contributed by atoms with Crippen LogP contribution in [0.1, 0.15) is 11.3 Å². The molecule has 1 aromatic carbocycles. The van der Waals surface area contributed by atoms with Gasteiger partial charge in [-0.05, 0) is 46.6 Å². The van der Waals surface area contributed by atoms with E-state index in [1.807, 2.05) is 12.1 Å². The number of nitrogens with zero attached hydrogens (tertiary/aromatic N) is 1. The number of rotatable bonds is 7. The van der Waals surface area contributed by atoms with E-state index in [0.29, 0.717) is 24.4 Å². The largest absolute Gasteiger partial charge is 0.338 e. The molecule has 2 rings (SSSR count). The molecule has 0 aliphatic carbocycles. The number of thiophene rings is 1. The van der Waals surface area contributed by atoms with Crippen LogP contribution in [0.25, 0.3) is 0 Å². The lowest BCUT2D eigenvalue weighted by molar-refractivity contribution is 0.207. The molecule has 0 saturated heterocycles. The molecule has 0 spiro atoms. The molecule has 24 heavy (non-hydrogen) atoms. The van der Waals surface area contributed by atoms with Crippen molar-refractivity contribution < 1.29 is 13.2 Å². The predicted octanol–water partition coefficient (Wildman–Crippen LogP) is 3.52. The zero-order valence-electron chi connectivity index (χ0n) is 13.2. The molecule has 130 valence electrons. The Morgan fingerprint density at radius 1 is 1.21 bits per heavy atom. The first-order chi connectivity index (χ1) is 11.4. The summed E-state index contributed by atoms with van der Waals surface area (Å²) in [6.45, 7) is 0.841. The van der Waals surface area contributed by atoms with Crippen molar-refractivity contribution in [2.24, 2.45) is 0 Å². The first kappa shape index (κ1) is 19.0. The van der Waals surface area contributed by atoms with Crippen LogP contribution in [0.5, 0.6) is 0 Å². The van der Waals surface area contributed by atoms with Crippen LogP contribution in [-0.4, -0.2) is 38.7 Å². The monoisotopic (exact) mass is 430 g/mol. The van der Waals surface area contributed by atoms with Crippen LogP contribution in [0.4, 0.5) is 4.79 Å². The predicted molar refractivity (Wildman–Crippen MR) is 100.0 cm³/mol. The number of hydrogen-bond acceptors (Lipinski definition) is 4. The Hall–Kier alpha value is -1.38. The lowest BCUT2D eigenvalue weighted by Crippen LogP contribution is -2.37.